The predicted molar refractivity (Wildman–Crippen MR) is 97.1 cm³/mol. The van der Waals surface area contributed by atoms with Crippen LogP contribution in [0, 0.1) is 0 Å². The van der Waals surface area contributed by atoms with Gasteiger partial charge in [0, 0.05) is 38.6 Å². The summed E-state index contributed by atoms with van der Waals surface area (Å²) in [6.45, 7) is 6.29. The molecular formula is C18H22N6O2. The van der Waals surface area contributed by atoms with Gasteiger partial charge in [-0.1, -0.05) is 0 Å². The first-order chi connectivity index (χ1) is 12.7. The Morgan fingerprint density at radius 1 is 1.23 bits per heavy atom. The van der Waals surface area contributed by atoms with Gasteiger partial charge in [0.1, 0.15) is 5.69 Å². The third kappa shape index (κ3) is 2.44. The van der Waals surface area contributed by atoms with Gasteiger partial charge in [-0.15, -0.1) is 0 Å². The molecule has 1 fully saturated rings. The monoisotopic (exact) mass is 354 g/mol. The van der Waals surface area contributed by atoms with E-state index in [4.69, 9.17) is 0 Å². The molecule has 1 amide bonds. The lowest BCUT2D eigenvalue weighted by atomic mass is 10.2. The van der Waals surface area contributed by atoms with Gasteiger partial charge < -0.3 is 4.90 Å². The summed E-state index contributed by atoms with van der Waals surface area (Å²) in [7, 11) is 0. The van der Waals surface area contributed by atoms with Crippen LogP contribution >= 0.6 is 0 Å². The molecule has 0 radical (unpaired) electrons. The first-order valence-corrected chi connectivity index (χ1v) is 9.02. The maximum atomic E-state index is 12.9. The zero-order valence-corrected chi connectivity index (χ0v) is 15.0. The fourth-order valence-electron chi connectivity index (χ4n) is 3.81. The summed E-state index contributed by atoms with van der Waals surface area (Å²) in [6, 6.07) is 5.45. The molecule has 8 heteroatoms. The van der Waals surface area contributed by atoms with Gasteiger partial charge in [-0.25, -0.2) is 9.78 Å². The Kier molecular flexibility index (Phi) is 4.10. The zero-order valence-electron chi connectivity index (χ0n) is 15.0. The van der Waals surface area contributed by atoms with Crippen LogP contribution < -0.4 is 5.69 Å². The first-order valence-electron chi connectivity index (χ1n) is 9.02. The lowest BCUT2D eigenvalue weighted by molar-refractivity contribution is 0.0775. The number of imidazole rings is 1. The van der Waals surface area contributed by atoms with Crippen LogP contribution in [0.4, 0.5) is 0 Å². The summed E-state index contributed by atoms with van der Waals surface area (Å²) in [4.78, 5) is 31.9. The Bertz CT molecular complexity index is 1010. The Morgan fingerprint density at radius 2 is 2.08 bits per heavy atom. The Labute approximate surface area is 150 Å². The molecule has 3 aromatic heterocycles. The van der Waals surface area contributed by atoms with E-state index in [9.17, 15) is 9.59 Å². The molecule has 8 nitrogen and oxygen atoms in total. The molecule has 0 saturated carbocycles. The summed E-state index contributed by atoms with van der Waals surface area (Å²) in [6.07, 6.45) is 4.09. The second-order valence-corrected chi connectivity index (χ2v) is 6.47. The number of hydrogen-bond acceptors (Lipinski definition) is 4. The van der Waals surface area contributed by atoms with Gasteiger partial charge in [0.2, 0.25) is 0 Å². The highest BCUT2D eigenvalue weighted by Gasteiger charge is 2.32. The average molecular weight is 354 g/mol. The fraction of sp³-hybridized carbons (Fsp3) is 0.444. The van der Waals surface area contributed by atoms with Crippen LogP contribution in [-0.2, 0) is 13.1 Å². The fourth-order valence-corrected chi connectivity index (χ4v) is 3.81. The van der Waals surface area contributed by atoms with Crippen molar-refractivity contribution in [3.63, 3.8) is 0 Å². The van der Waals surface area contributed by atoms with E-state index in [0.29, 0.717) is 37.5 Å². The first kappa shape index (κ1) is 16.6. The number of aromatic nitrogens is 5. The lowest BCUT2D eigenvalue weighted by Gasteiger charge is -2.17. The van der Waals surface area contributed by atoms with E-state index < -0.39 is 0 Å². The van der Waals surface area contributed by atoms with E-state index in [1.807, 2.05) is 26.0 Å². The van der Waals surface area contributed by atoms with Gasteiger partial charge in [-0.3, -0.25) is 18.6 Å². The lowest BCUT2D eigenvalue weighted by Crippen LogP contribution is -2.33. The maximum Gasteiger partial charge on any atom is 0.330 e. The topological polar surface area (TPSA) is 78.0 Å². The number of pyridine rings is 1. The molecule has 4 heterocycles. The third-order valence-electron chi connectivity index (χ3n) is 5.09. The van der Waals surface area contributed by atoms with Crippen molar-refractivity contribution in [2.45, 2.75) is 39.4 Å². The smallest absolute Gasteiger partial charge is 0.330 e. The molecule has 1 atom stereocenters. The molecule has 1 saturated heterocycles. The minimum atomic E-state index is -0.0605. The minimum Gasteiger partial charge on any atom is -0.335 e. The largest absolute Gasteiger partial charge is 0.335 e. The van der Waals surface area contributed by atoms with Crippen LogP contribution in [0.5, 0.6) is 0 Å². The van der Waals surface area contributed by atoms with Crippen LogP contribution in [0.2, 0.25) is 0 Å². The molecule has 136 valence electrons. The van der Waals surface area contributed by atoms with Crippen molar-refractivity contribution in [1.29, 1.82) is 0 Å². The number of amides is 1. The van der Waals surface area contributed by atoms with Crippen molar-refractivity contribution in [3.8, 4) is 0 Å². The molecule has 26 heavy (non-hydrogen) atoms. The Morgan fingerprint density at radius 3 is 2.85 bits per heavy atom. The number of nitrogens with zero attached hydrogens (tertiary/aromatic N) is 6. The van der Waals surface area contributed by atoms with Crippen molar-refractivity contribution >= 4 is 17.1 Å². The van der Waals surface area contributed by atoms with Gasteiger partial charge in [0.15, 0.2) is 5.65 Å². The van der Waals surface area contributed by atoms with Crippen LogP contribution in [0.3, 0.4) is 0 Å². The second kappa shape index (κ2) is 6.44. The molecule has 1 aliphatic heterocycles. The highest BCUT2D eigenvalue weighted by Crippen LogP contribution is 2.25. The SMILES string of the molecule is CCn1nccc1C(=O)N1CC[C@@H](n2c(=O)n(CC)c3cccnc32)C1. The number of aryl methyl sites for hydroxylation is 2. The van der Waals surface area contributed by atoms with Crippen molar-refractivity contribution in [2.24, 2.45) is 0 Å². The van der Waals surface area contributed by atoms with Gasteiger partial charge in [-0.05, 0) is 38.5 Å². The standard InChI is InChI=1S/C18H22N6O2/c1-3-22-14-6-5-9-19-16(14)24(18(22)26)13-8-11-21(12-13)17(25)15-7-10-20-23(15)4-2/h5-7,9-10,13H,3-4,8,11-12H2,1-2H3/t13-/m1/s1. The van der Waals surface area contributed by atoms with Crippen LogP contribution in [0.25, 0.3) is 11.2 Å². The van der Waals surface area contributed by atoms with E-state index in [1.54, 1.807) is 37.2 Å². The summed E-state index contributed by atoms with van der Waals surface area (Å²) in [5.41, 5.74) is 2.07. The second-order valence-electron chi connectivity index (χ2n) is 6.47. The third-order valence-corrected chi connectivity index (χ3v) is 5.09. The zero-order chi connectivity index (χ0) is 18.3. The van der Waals surface area contributed by atoms with Gasteiger partial charge in [0.25, 0.3) is 5.91 Å². The molecule has 0 unspecified atom stereocenters. The Hall–Kier alpha value is -2.90. The normalized spacial score (nSPS) is 17.3. The van der Waals surface area contributed by atoms with E-state index in [0.717, 1.165) is 11.9 Å². The van der Waals surface area contributed by atoms with Gasteiger partial charge in [0.05, 0.1) is 11.6 Å². The van der Waals surface area contributed by atoms with Gasteiger partial charge in [-0.2, -0.15) is 5.10 Å². The molecular weight excluding hydrogens is 332 g/mol. The Balaban J connectivity index is 1.66. The van der Waals surface area contributed by atoms with Crippen LogP contribution in [-0.4, -0.2) is 47.8 Å². The molecule has 0 spiro atoms. The van der Waals surface area contributed by atoms with E-state index in [1.165, 1.54) is 0 Å². The molecule has 0 N–H and O–H groups in total. The summed E-state index contributed by atoms with van der Waals surface area (Å²) in [5.74, 6) is -0.0351. The summed E-state index contributed by atoms with van der Waals surface area (Å²) >= 11 is 0. The van der Waals surface area contributed by atoms with Crippen molar-refractivity contribution in [1.82, 2.24) is 28.8 Å². The maximum absolute atomic E-state index is 12.9. The molecule has 0 aliphatic carbocycles. The number of rotatable bonds is 4. The molecule has 3 aromatic rings. The highest BCUT2D eigenvalue weighted by atomic mass is 16.2. The van der Waals surface area contributed by atoms with Crippen molar-refractivity contribution < 1.29 is 4.79 Å². The molecule has 1 aliphatic rings. The van der Waals surface area contributed by atoms with Crippen molar-refractivity contribution in [3.05, 3.63) is 46.8 Å². The quantitative estimate of drug-likeness (QED) is 0.712. The van der Waals surface area contributed by atoms with Crippen LogP contribution in [0.1, 0.15) is 36.8 Å². The highest BCUT2D eigenvalue weighted by molar-refractivity contribution is 5.92. The number of carbonyl (C=O) groups is 1. The van der Waals surface area contributed by atoms with Crippen LogP contribution in [0.15, 0.2) is 35.4 Å². The number of carbonyl (C=O) groups excluding carboxylic acids is 1. The minimum absolute atomic E-state index is 0.0351. The number of fused-ring (bicyclic) bond motifs is 1. The molecule has 0 aromatic carbocycles. The number of hydrogen-bond donors (Lipinski definition) is 0. The summed E-state index contributed by atoms with van der Waals surface area (Å²) in [5, 5.41) is 4.17. The summed E-state index contributed by atoms with van der Waals surface area (Å²) < 4.78 is 5.19. The number of likely N-dealkylation sites (tertiary alicyclic amines) is 1. The molecule has 4 rings (SSSR count). The molecule has 0 bridgehead atoms. The van der Waals surface area contributed by atoms with E-state index in [2.05, 4.69) is 10.1 Å². The van der Waals surface area contributed by atoms with Gasteiger partial charge >= 0.3 is 5.69 Å². The van der Waals surface area contributed by atoms with E-state index >= 15 is 0 Å². The van der Waals surface area contributed by atoms with E-state index in [-0.39, 0.29) is 17.6 Å². The average Bonchev–Trinajstić information content (AvgIpc) is 3.37. The predicted octanol–water partition coefficient (Wildman–Crippen LogP) is 1.52. The van der Waals surface area contributed by atoms with Crippen molar-refractivity contribution in [2.75, 3.05) is 13.1 Å².